The average molecular weight is 184 g/mol. The maximum atomic E-state index is 10.7. The Balaban J connectivity index is 2.10. The van der Waals surface area contributed by atoms with Crippen molar-refractivity contribution in [2.75, 3.05) is 0 Å². The Bertz CT molecular complexity index is 230. The number of carboxylic acid groups (broad SMARTS) is 1. The molecule has 0 amide bonds. The van der Waals surface area contributed by atoms with Gasteiger partial charge in [-0.25, -0.2) is 0 Å². The van der Waals surface area contributed by atoms with Gasteiger partial charge in [0.1, 0.15) is 0 Å². The van der Waals surface area contributed by atoms with Crippen LogP contribution in [-0.4, -0.2) is 28.2 Å². The number of hydrogen-bond donors (Lipinski definition) is 1. The highest BCUT2D eigenvalue weighted by Crippen LogP contribution is 2.38. The summed E-state index contributed by atoms with van der Waals surface area (Å²) in [4.78, 5) is 21.2. The molecule has 0 aromatic heterocycles. The minimum Gasteiger partial charge on any atom is -0.481 e. The SMILES string of the molecule is O=NN1C2CCC1CC(C(=O)O)C2. The third kappa shape index (κ3) is 1.28. The van der Waals surface area contributed by atoms with Crippen LogP contribution in [0, 0.1) is 10.8 Å². The van der Waals surface area contributed by atoms with Crippen LogP contribution in [0.15, 0.2) is 5.29 Å². The van der Waals surface area contributed by atoms with E-state index in [4.69, 9.17) is 5.11 Å². The molecule has 2 aliphatic rings. The van der Waals surface area contributed by atoms with Gasteiger partial charge in [0.05, 0.1) is 23.3 Å². The first-order valence-corrected chi connectivity index (χ1v) is 4.56. The lowest BCUT2D eigenvalue weighted by atomic mass is 9.92. The quantitative estimate of drug-likeness (QED) is 0.650. The van der Waals surface area contributed by atoms with Crippen LogP contribution in [0.2, 0.25) is 0 Å². The summed E-state index contributed by atoms with van der Waals surface area (Å²) in [6, 6.07) is 0.162. The summed E-state index contributed by atoms with van der Waals surface area (Å²) in [5, 5.41) is 13.3. The third-order valence-electron chi connectivity index (χ3n) is 3.14. The Labute approximate surface area is 75.7 Å². The number of nitrogens with zero attached hydrogens (tertiary/aromatic N) is 2. The highest BCUT2D eigenvalue weighted by Gasteiger charge is 2.43. The summed E-state index contributed by atoms with van der Waals surface area (Å²) in [6.07, 6.45) is 3.00. The second-order valence-corrected chi connectivity index (χ2v) is 3.85. The molecule has 0 saturated carbocycles. The number of rotatable bonds is 2. The topological polar surface area (TPSA) is 70.0 Å². The fourth-order valence-corrected chi connectivity index (χ4v) is 2.49. The lowest BCUT2D eigenvalue weighted by molar-refractivity contribution is -0.144. The number of hydrogen-bond acceptors (Lipinski definition) is 3. The number of piperidine rings is 1. The first kappa shape index (κ1) is 8.47. The van der Waals surface area contributed by atoms with Crippen molar-refractivity contribution < 1.29 is 9.90 Å². The molecule has 2 heterocycles. The molecule has 2 aliphatic heterocycles. The molecule has 2 rings (SSSR count). The van der Waals surface area contributed by atoms with Gasteiger partial charge in [0.15, 0.2) is 0 Å². The molecule has 2 fully saturated rings. The molecule has 0 aliphatic carbocycles. The summed E-state index contributed by atoms with van der Waals surface area (Å²) in [5.41, 5.74) is 0. The Hall–Kier alpha value is -1.13. The molecular formula is C8H12N2O3. The van der Waals surface area contributed by atoms with Gasteiger partial charge in [-0.3, -0.25) is 9.80 Å². The molecule has 0 aromatic carbocycles. The average Bonchev–Trinajstić information content (AvgIpc) is 2.34. The number of carbonyl (C=O) groups is 1. The van der Waals surface area contributed by atoms with Crippen molar-refractivity contribution in [1.82, 2.24) is 5.01 Å². The van der Waals surface area contributed by atoms with Crippen LogP contribution in [0.4, 0.5) is 0 Å². The second kappa shape index (κ2) is 2.97. The molecule has 2 unspecified atom stereocenters. The van der Waals surface area contributed by atoms with Gasteiger partial charge in [-0.15, -0.1) is 4.91 Å². The zero-order chi connectivity index (χ0) is 9.42. The van der Waals surface area contributed by atoms with Crippen LogP contribution < -0.4 is 0 Å². The van der Waals surface area contributed by atoms with Crippen molar-refractivity contribution in [2.45, 2.75) is 37.8 Å². The normalized spacial score (nSPS) is 37.5. The Kier molecular flexibility index (Phi) is 1.94. The van der Waals surface area contributed by atoms with Crippen molar-refractivity contribution >= 4 is 5.97 Å². The first-order chi connectivity index (χ1) is 6.22. The Morgan fingerprint density at radius 2 is 1.85 bits per heavy atom. The maximum Gasteiger partial charge on any atom is 0.306 e. The fourth-order valence-electron chi connectivity index (χ4n) is 2.49. The largest absolute Gasteiger partial charge is 0.481 e. The standard InChI is InChI=1S/C8H12N2O3/c11-8(12)5-3-6-1-2-7(4-5)10(6)9-13/h5-7H,1-4H2,(H,11,12). The monoisotopic (exact) mass is 184 g/mol. The van der Waals surface area contributed by atoms with Gasteiger partial charge in [0.25, 0.3) is 0 Å². The van der Waals surface area contributed by atoms with Gasteiger partial charge in [0.2, 0.25) is 0 Å². The van der Waals surface area contributed by atoms with Gasteiger partial charge in [-0.05, 0) is 25.7 Å². The molecule has 2 atom stereocenters. The Morgan fingerprint density at radius 1 is 1.31 bits per heavy atom. The van der Waals surface area contributed by atoms with E-state index in [0.29, 0.717) is 12.8 Å². The number of carboxylic acids is 1. The van der Waals surface area contributed by atoms with E-state index in [0.717, 1.165) is 12.8 Å². The molecular weight excluding hydrogens is 172 g/mol. The highest BCUT2D eigenvalue weighted by molar-refractivity contribution is 5.70. The van der Waals surface area contributed by atoms with Crippen molar-refractivity contribution in [3.05, 3.63) is 4.91 Å². The zero-order valence-corrected chi connectivity index (χ0v) is 7.22. The predicted octanol–water partition coefficient (Wildman–Crippen LogP) is 0.995. The van der Waals surface area contributed by atoms with E-state index < -0.39 is 5.97 Å². The molecule has 1 N–H and O–H groups in total. The van der Waals surface area contributed by atoms with Gasteiger partial charge in [-0.1, -0.05) is 0 Å². The van der Waals surface area contributed by atoms with Crippen molar-refractivity contribution in [3.8, 4) is 0 Å². The van der Waals surface area contributed by atoms with E-state index in [1.165, 1.54) is 0 Å². The van der Waals surface area contributed by atoms with Gasteiger partial charge < -0.3 is 5.11 Å². The van der Waals surface area contributed by atoms with E-state index in [1.807, 2.05) is 0 Å². The molecule has 0 aromatic rings. The van der Waals surface area contributed by atoms with Crippen LogP contribution in [0.25, 0.3) is 0 Å². The lowest BCUT2D eigenvalue weighted by Gasteiger charge is -2.32. The molecule has 5 nitrogen and oxygen atoms in total. The second-order valence-electron chi connectivity index (χ2n) is 3.85. The summed E-state index contributed by atoms with van der Waals surface area (Å²) in [7, 11) is 0. The van der Waals surface area contributed by atoms with Crippen LogP contribution in [0.1, 0.15) is 25.7 Å². The summed E-state index contributed by atoms with van der Waals surface area (Å²) in [5.74, 6) is -1.00. The van der Waals surface area contributed by atoms with Gasteiger partial charge in [-0.2, -0.15) is 0 Å². The van der Waals surface area contributed by atoms with Gasteiger partial charge >= 0.3 is 5.97 Å². The predicted molar refractivity (Wildman–Crippen MR) is 44.8 cm³/mol. The third-order valence-corrected chi connectivity index (χ3v) is 3.14. The van der Waals surface area contributed by atoms with E-state index in [-0.39, 0.29) is 18.0 Å². The van der Waals surface area contributed by atoms with E-state index in [1.54, 1.807) is 5.01 Å². The lowest BCUT2D eigenvalue weighted by Crippen LogP contribution is -2.41. The number of aliphatic carboxylic acids is 1. The first-order valence-electron chi connectivity index (χ1n) is 4.56. The van der Waals surface area contributed by atoms with Crippen LogP contribution >= 0.6 is 0 Å². The van der Waals surface area contributed by atoms with E-state index in [9.17, 15) is 9.70 Å². The summed E-state index contributed by atoms with van der Waals surface area (Å²) < 4.78 is 0. The number of fused-ring (bicyclic) bond motifs is 2. The molecule has 5 heteroatoms. The number of nitroso groups, excluding NO2 is 1. The molecule has 13 heavy (non-hydrogen) atoms. The smallest absolute Gasteiger partial charge is 0.306 e. The van der Waals surface area contributed by atoms with Crippen molar-refractivity contribution in [1.29, 1.82) is 0 Å². The molecule has 2 saturated heterocycles. The Morgan fingerprint density at radius 3 is 2.23 bits per heavy atom. The molecule has 0 radical (unpaired) electrons. The van der Waals surface area contributed by atoms with Crippen LogP contribution in [0.5, 0.6) is 0 Å². The van der Waals surface area contributed by atoms with E-state index in [2.05, 4.69) is 5.29 Å². The van der Waals surface area contributed by atoms with Gasteiger partial charge in [0, 0.05) is 0 Å². The molecule has 2 bridgehead atoms. The van der Waals surface area contributed by atoms with E-state index >= 15 is 0 Å². The van der Waals surface area contributed by atoms with Crippen LogP contribution in [0.3, 0.4) is 0 Å². The fraction of sp³-hybridized carbons (Fsp3) is 0.875. The molecule has 72 valence electrons. The van der Waals surface area contributed by atoms with Crippen LogP contribution in [-0.2, 0) is 4.79 Å². The zero-order valence-electron chi connectivity index (χ0n) is 7.22. The molecule has 0 spiro atoms. The highest BCUT2D eigenvalue weighted by atomic mass is 16.4. The van der Waals surface area contributed by atoms with Crippen molar-refractivity contribution in [3.63, 3.8) is 0 Å². The minimum absolute atomic E-state index is 0.0809. The summed E-state index contributed by atoms with van der Waals surface area (Å²) in [6.45, 7) is 0. The maximum absolute atomic E-state index is 10.7. The van der Waals surface area contributed by atoms with Crippen molar-refractivity contribution in [2.24, 2.45) is 11.2 Å². The summed E-state index contributed by atoms with van der Waals surface area (Å²) >= 11 is 0. The minimum atomic E-state index is -0.734.